The Morgan fingerprint density at radius 3 is 2.85 bits per heavy atom. The molecule has 110 valence electrons. The Morgan fingerprint density at radius 2 is 2.25 bits per heavy atom. The largest absolute Gasteiger partial charge is 0.447 e. The van der Waals surface area contributed by atoms with Crippen LogP contribution in [-0.2, 0) is 16.6 Å². The quantitative estimate of drug-likeness (QED) is 0.737. The highest BCUT2D eigenvalue weighted by Crippen LogP contribution is 2.31. The zero-order valence-electron chi connectivity index (χ0n) is 11.6. The molecule has 5 nitrogen and oxygen atoms in total. The third kappa shape index (κ3) is 3.63. The molecule has 1 aromatic rings. The summed E-state index contributed by atoms with van der Waals surface area (Å²) in [7, 11) is -3.63. The van der Waals surface area contributed by atoms with E-state index in [1.807, 2.05) is 6.92 Å². The van der Waals surface area contributed by atoms with Crippen LogP contribution < -0.4 is 5.32 Å². The zero-order chi connectivity index (χ0) is 14.6. The minimum atomic E-state index is -3.63. The first-order valence-electron chi connectivity index (χ1n) is 6.81. The number of sulfonamides is 1. The minimum Gasteiger partial charge on any atom is -0.447 e. The fourth-order valence-electron chi connectivity index (χ4n) is 1.91. The van der Waals surface area contributed by atoms with Crippen LogP contribution >= 0.6 is 0 Å². The van der Waals surface area contributed by atoms with Gasteiger partial charge in [-0.2, -0.15) is 4.31 Å². The Morgan fingerprint density at radius 1 is 1.50 bits per heavy atom. The van der Waals surface area contributed by atoms with Crippen molar-refractivity contribution >= 4 is 10.0 Å². The molecular weight excluding hydrogens is 276 g/mol. The highest BCUT2D eigenvalue weighted by molar-refractivity contribution is 7.89. The van der Waals surface area contributed by atoms with Crippen molar-refractivity contribution in [3.05, 3.63) is 17.9 Å². The van der Waals surface area contributed by atoms with E-state index in [4.69, 9.17) is 10.8 Å². The van der Waals surface area contributed by atoms with Gasteiger partial charge in [-0.1, -0.05) is 12.8 Å². The molecule has 1 N–H and O–H groups in total. The van der Waals surface area contributed by atoms with Gasteiger partial charge in [-0.3, -0.25) is 0 Å². The lowest BCUT2D eigenvalue weighted by Crippen LogP contribution is -2.33. The maximum Gasteiger partial charge on any atom is 0.277 e. The number of hydrogen-bond acceptors (Lipinski definition) is 4. The first-order valence-corrected chi connectivity index (χ1v) is 8.25. The molecule has 0 saturated heterocycles. The smallest absolute Gasteiger partial charge is 0.277 e. The van der Waals surface area contributed by atoms with Crippen molar-refractivity contribution in [3.8, 4) is 12.3 Å². The van der Waals surface area contributed by atoms with Gasteiger partial charge in [0.15, 0.2) is 0 Å². The van der Waals surface area contributed by atoms with Gasteiger partial charge < -0.3 is 9.73 Å². The van der Waals surface area contributed by atoms with Crippen LogP contribution in [-0.4, -0.2) is 32.4 Å². The van der Waals surface area contributed by atoms with E-state index in [-0.39, 0.29) is 11.6 Å². The van der Waals surface area contributed by atoms with Gasteiger partial charge in [-0.25, -0.2) is 8.42 Å². The fraction of sp³-hybridized carbons (Fsp3) is 0.571. The molecule has 0 aliphatic heterocycles. The van der Waals surface area contributed by atoms with Crippen LogP contribution in [0.15, 0.2) is 21.6 Å². The lowest BCUT2D eigenvalue weighted by Gasteiger charge is -2.17. The van der Waals surface area contributed by atoms with E-state index >= 15 is 0 Å². The average Bonchev–Trinajstić information content (AvgIpc) is 3.10. The molecule has 0 spiro atoms. The van der Waals surface area contributed by atoms with Gasteiger partial charge in [0.25, 0.3) is 10.0 Å². The van der Waals surface area contributed by atoms with Crippen LogP contribution in [0.1, 0.15) is 25.5 Å². The fourth-order valence-corrected chi connectivity index (χ4v) is 3.26. The summed E-state index contributed by atoms with van der Waals surface area (Å²) in [5.74, 6) is 3.46. The number of rotatable bonds is 8. The van der Waals surface area contributed by atoms with Crippen molar-refractivity contribution < 1.29 is 12.8 Å². The Balaban J connectivity index is 2.13. The first-order chi connectivity index (χ1) is 9.57. The normalized spacial score (nSPS) is 15.4. The standard InChI is InChI=1S/C14H20N2O3S/c1-3-9-16(11-12-5-6-12)20(17,18)14-8-7-13(19-14)10-15-4-2/h1,7-8,12,15H,4-6,9-11H2,2H3. The molecule has 0 atom stereocenters. The van der Waals surface area contributed by atoms with Crippen molar-refractivity contribution in [2.24, 2.45) is 5.92 Å². The highest BCUT2D eigenvalue weighted by Gasteiger charge is 2.33. The molecule has 20 heavy (non-hydrogen) atoms. The van der Waals surface area contributed by atoms with Gasteiger partial charge in [-0.15, -0.1) is 6.42 Å². The summed E-state index contributed by atoms with van der Waals surface area (Å²) in [4.78, 5) is 0. The SMILES string of the molecule is C#CCN(CC1CC1)S(=O)(=O)c1ccc(CNCC)o1. The van der Waals surface area contributed by atoms with E-state index in [0.29, 0.717) is 24.8 Å². The lowest BCUT2D eigenvalue weighted by molar-refractivity contribution is 0.370. The summed E-state index contributed by atoms with van der Waals surface area (Å²) in [6.45, 7) is 3.86. The second-order valence-corrected chi connectivity index (χ2v) is 6.82. The van der Waals surface area contributed by atoms with Gasteiger partial charge in [0.2, 0.25) is 5.09 Å². The Hall–Kier alpha value is -1.29. The average molecular weight is 296 g/mol. The van der Waals surface area contributed by atoms with Gasteiger partial charge >= 0.3 is 0 Å². The number of hydrogen-bond donors (Lipinski definition) is 1. The summed E-state index contributed by atoms with van der Waals surface area (Å²) in [6, 6.07) is 3.18. The van der Waals surface area contributed by atoms with Crippen molar-refractivity contribution in [2.45, 2.75) is 31.4 Å². The maximum absolute atomic E-state index is 12.5. The molecule has 1 heterocycles. The molecule has 1 saturated carbocycles. The third-order valence-electron chi connectivity index (χ3n) is 3.21. The Kier molecular flexibility index (Phi) is 4.86. The molecule has 1 fully saturated rings. The Bertz CT molecular complexity index is 582. The van der Waals surface area contributed by atoms with E-state index in [0.717, 1.165) is 19.4 Å². The minimum absolute atomic E-state index is 0.0266. The van der Waals surface area contributed by atoms with Crippen LogP contribution in [0.4, 0.5) is 0 Å². The van der Waals surface area contributed by atoms with Gasteiger partial charge in [0.1, 0.15) is 5.76 Å². The third-order valence-corrected chi connectivity index (χ3v) is 4.89. The number of furan rings is 1. The number of terminal acetylenes is 1. The molecule has 0 unspecified atom stereocenters. The van der Waals surface area contributed by atoms with Crippen molar-refractivity contribution in [1.29, 1.82) is 0 Å². The Labute approximate surface area is 120 Å². The van der Waals surface area contributed by atoms with Crippen LogP contribution in [0.25, 0.3) is 0 Å². The van der Waals surface area contributed by atoms with E-state index in [1.165, 1.54) is 10.4 Å². The molecule has 2 rings (SSSR count). The summed E-state index contributed by atoms with van der Waals surface area (Å²) in [5.41, 5.74) is 0. The summed E-state index contributed by atoms with van der Waals surface area (Å²) >= 11 is 0. The lowest BCUT2D eigenvalue weighted by atomic mass is 10.4. The van der Waals surface area contributed by atoms with E-state index in [2.05, 4.69) is 11.2 Å². The van der Waals surface area contributed by atoms with Crippen LogP contribution in [0.5, 0.6) is 0 Å². The van der Waals surface area contributed by atoms with Crippen molar-refractivity contribution in [1.82, 2.24) is 9.62 Å². The molecule has 0 amide bonds. The highest BCUT2D eigenvalue weighted by atomic mass is 32.2. The van der Waals surface area contributed by atoms with Crippen LogP contribution in [0.3, 0.4) is 0 Å². The summed E-state index contributed by atoms with van der Waals surface area (Å²) in [5, 5.41) is 3.06. The molecule has 1 aliphatic rings. The van der Waals surface area contributed by atoms with Crippen molar-refractivity contribution in [3.63, 3.8) is 0 Å². The number of nitrogens with one attached hydrogen (secondary N) is 1. The van der Waals surface area contributed by atoms with E-state index in [9.17, 15) is 8.42 Å². The molecular formula is C14H20N2O3S. The molecule has 0 bridgehead atoms. The van der Waals surface area contributed by atoms with Gasteiger partial charge in [0.05, 0.1) is 13.1 Å². The van der Waals surface area contributed by atoms with Gasteiger partial charge in [-0.05, 0) is 37.4 Å². The van der Waals surface area contributed by atoms with Crippen molar-refractivity contribution in [2.75, 3.05) is 19.6 Å². The zero-order valence-corrected chi connectivity index (χ0v) is 12.4. The summed E-state index contributed by atoms with van der Waals surface area (Å²) in [6.07, 6.45) is 7.41. The van der Waals surface area contributed by atoms with Gasteiger partial charge in [0, 0.05) is 6.54 Å². The predicted molar refractivity (Wildman–Crippen MR) is 76.4 cm³/mol. The molecule has 6 heteroatoms. The topological polar surface area (TPSA) is 62.6 Å². The summed E-state index contributed by atoms with van der Waals surface area (Å²) < 4.78 is 31.7. The second kappa shape index (κ2) is 6.44. The molecule has 0 radical (unpaired) electrons. The maximum atomic E-state index is 12.5. The predicted octanol–water partition coefficient (Wildman–Crippen LogP) is 1.42. The second-order valence-electron chi connectivity index (χ2n) is 4.95. The monoisotopic (exact) mass is 296 g/mol. The number of nitrogens with zero attached hydrogens (tertiary/aromatic N) is 1. The first kappa shape index (κ1) is 15.1. The molecule has 1 aromatic heterocycles. The molecule has 1 aliphatic carbocycles. The van der Waals surface area contributed by atoms with Crippen LogP contribution in [0.2, 0.25) is 0 Å². The molecule has 0 aromatic carbocycles. The van der Waals surface area contributed by atoms with Crippen LogP contribution in [0, 0.1) is 18.3 Å². The van der Waals surface area contributed by atoms with E-state index < -0.39 is 10.0 Å². The van der Waals surface area contributed by atoms with E-state index in [1.54, 1.807) is 6.07 Å².